The van der Waals surface area contributed by atoms with Crippen LogP contribution in [0.25, 0.3) is 0 Å². The molecule has 1 saturated heterocycles. The zero-order chi connectivity index (χ0) is 21.7. The minimum atomic E-state index is -0.0962. The van der Waals surface area contributed by atoms with Crippen LogP contribution in [0.3, 0.4) is 0 Å². The van der Waals surface area contributed by atoms with Gasteiger partial charge >= 0.3 is 0 Å². The van der Waals surface area contributed by atoms with Crippen molar-refractivity contribution in [2.45, 2.75) is 45.1 Å². The third-order valence-electron chi connectivity index (χ3n) is 8.29. The Morgan fingerprint density at radius 3 is 2.09 bits per heavy atom. The van der Waals surface area contributed by atoms with E-state index in [1.165, 1.54) is 19.3 Å². The summed E-state index contributed by atoms with van der Waals surface area (Å²) >= 11 is 0. The molecule has 2 amide bonds. The normalized spacial score (nSPS) is 31.2. The Morgan fingerprint density at radius 1 is 0.875 bits per heavy atom. The molecule has 0 unspecified atom stereocenters. The highest BCUT2D eigenvalue weighted by Gasteiger charge is 2.55. The Bertz CT molecular complexity index is 973. The minimum absolute atomic E-state index is 0.0915. The van der Waals surface area contributed by atoms with Crippen LogP contribution in [0, 0.1) is 23.2 Å². The Morgan fingerprint density at radius 2 is 1.47 bits per heavy atom. The number of rotatable bonds is 4. The van der Waals surface area contributed by atoms with E-state index in [-0.39, 0.29) is 11.3 Å². The van der Waals surface area contributed by atoms with Gasteiger partial charge in [0.25, 0.3) is 5.91 Å². The summed E-state index contributed by atoms with van der Waals surface area (Å²) in [5, 5.41) is 8.24. The van der Waals surface area contributed by atoms with Crippen LogP contribution in [0.15, 0.2) is 36.5 Å². The molecule has 2 heterocycles. The van der Waals surface area contributed by atoms with Crippen LogP contribution < -0.4 is 0 Å². The molecular weight excluding hydrogens is 402 g/mol. The third kappa shape index (κ3) is 3.51. The van der Waals surface area contributed by atoms with E-state index in [0.29, 0.717) is 44.3 Å². The summed E-state index contributed by atoms with van der Waals surface area (Å²) in [6.07, 6.45) is 9.06. The number of hydrogen-bond donors (Lipinski definition) is 0. The molecule has 0 spiro atoms. The fourth-order valence-electron chi connectivity index (χ4n) is 7.23. The molecule has 4 saturated carbocycles. The van der Waals surface area contributed by atoms with Gasteiger partial charge in [0.1, 0.15) is 0 Å². The summed E-state index contributed by atoms with van der Waals surface area (Å²) in [6.45, 7) is 2.99. The summed E-state index contributed by atoms with van der Waals surface area (Å²) in [4.78, 5) is 30.4. The molecule has 0 N–H and O–H groups in total. The quantitative estimate of drug-likeness (QED) is 0.743. The van der Waals surface area contributed by atoms with Crippen molar-refractivity contribution >= 4 is 11.8 Å². The number of nitrogens with zero attached hydrogens (tertiary/aromatic N) is 5. The second kappa shape index (κ2) is 7.71. The number of amides is 2. The van der Waals surface area contributed by atoms with Crippen molar-refractivity contribution in [3.05, 3.63) is 47.8 Å². The van der Waals surface area contributed by atoms with E-state index in [2.05, 4.69) is 10.3 Å². The molecule has 4 aliphatic carbocycles. The Labute approximate surface area is 188 Å². The van der Waals surface area contributed by atoms with Crippen LogP contribution in [-0.4, -0.2) is 62.8 Å². The topological polar surface area (TPSA) is 71.3 Å². The van der Waals surface area contributed by atoms with E-state index in [4.69, 9.17) is 0 Å². The predicted octanol–water partition coefficient (Wildman–Crippen LogP) is 2.83. The highest BCUT2D eigenvalue weighted by atomic mass is 16.2. The molecule has 0 radical (unpaired) electrons. The van der Waals surface area contributed by atoms with Crippen molar-refractivity contribution in [3.63, 3.8) is 0 Å². The molecule has 1 aliphatic heterocycles. The standard InChI is InChI=1S/C25H31N5O2/c31-23(22-17-30(27-26-22)16-18-4-2-1-3-5-18)28-6-8-29(9-7-28)24(32)25-13-19-10-20(14-25)12-21(11-19)15-25/h1-5,17,19-21H,6-16H2. The number of hydrogen-bond acceptors (Lipinski definition) is 4. The maximum Gasteiger partial charge on any atom is 0.276 e. The highest BCUT2D eigenvalue weighted by Crippen LogP contribution is 2.60. The molecule has 1 aromatic heterocycles. The first kappa shape index (κ1) is 19.9. The number of piperazine rings is 1. The lowest BCUT2D eigenvalue weighted by Crippen LogP contribution is -2.58. The van der Waals surface area contributed by atoms with Gasteiger partial charge in [-0.05, 0) is 61.8 Å². The van der Waals surface area contributed by atoms with Crippen molar-refractivity contribution < 1.29 is 9.59 Å². The number of carbonyl (C=O) groups is 2. The summed E-state index contributed by atoms with van der Waals surface area (Å²) in [5.41, 5.74) is 1.40. The SMILES string of the molecule is O=C(c1cn(Cc2ccccc2)nn1)N1CCN(C(=O)C23CC4CC(CC(C4)C2)C3)CC1. The predicted molar refractivity (Wildman–Crippen MR) is 119 cm³/mol. The molecule has 32 heavy (non-hydrogen) atoms. The van der Waals surface area contributed by atoms with Gasteiger partial charge in [-0.1, -0.05) is 35.5 Å². The molecule has 7 nitrogen and oxygen atoms in total. The molecule has 4 bridgehead atoms. The van der Waals surface area contributed by atoms with Gasteiger partial charge in [-0.15, -0.1) is 5.10 Å². The number of benzene rings is 1. The van der Waals surface area contributed by atoms with Crippen molar-refractivity contribution in [1.29, 1.82) is 0 Å². The zero-order valence-electron chi connectivity index (χ0n) is 18.5. The summed E-state index contributed by atoms with van der Waals surface area (Å²) < 4.78 is 1.70. The van der Waals surface area contributed by atoms with Gasteiger partial charge in [-0.25, -0.2) is 4.68 Å². The zero-order valence-corrected chi connectivity index (χ0v) is 18.5. The average Bonchev–Trinajstić information content (AvgIpc) is 3.26. The minimum Gasteiger partial charge on any atom is -0.339 e. The molecule has 168 valence electrons. The fraction of sp³-hybridized carbons (Fsp3) is 0.600. The van der Waals surface area contributed by atoms with Gasteiger partial charge < -0.3 is 9.80 Å². The number of aromatic nitrogens is 3. The summed E-state index contributed by atoms with van der Waals surface area (Å²) in [5.74, 6) is 2.59. The lowest BCUT2D eigenvalue weighted by atomic mass is 9.49. The van der Waals surface area contributed by atoms with Crippen molar-refractivity contribution in [2.24, 2.45) is 23.2 Å². The molecule has 2 aromatic rings. The molecule has 7 heteroatoms. The van der Waals surface area contributed by atoms with Gasteiger partial charge in [0, 0.05) is 26.2 Å². The molecule has 5 fully saturated rings. The summed E-state index contributed by atoms with van der Waals surface area (Å²) in [6, 6.07) is 10.0. The fourth-order valence-corrected chi connectivity index (χ4v) is 7.23. The van der Waals surface area contributed by atoms with E-state index in [1.54, 1.807) is 10.9 Å². The molecular formula is C25H31N5O2. The van der Waals surface area contributed by atoms with Crippen molar-refractivity contribution in [2.75, 3.05) is 26.2 Å². The maximum atomic E-state index is 13.6. The van der Waals surface area contributed by atoms with E-state index in [0.717, 1.165) is 42.6 Å². The van der Waals surface area contributed by atoms with Crippen molar-refractivity contribution in [3.8, 4) is 0 Å². The van der Waals surface area contributed by atoms with Crippen LogP contribution in [0.5, 0.6) is 0 Å². The van der Waals surface area contributed by atoms with Crippen LogP contribution >= 0.6 is 0 Å². The molecule has 0 atom stereocenters. The second-order valence-corrected chi connectivity index (χ2v) is 10.6. The molecule has 1 aromatic carbocycles. The third-order valence-corrected chi connectivity index (χ3v) is 8.29. The molecule has 5 aliphatic rings. The number of carbonyl (C=O) groups excluding carboxylic acids is 2. The monoisotopic (exact) mass is 433 g/mol. The van der Waals surface area contributed by atoms with Crippen LogP contribution in [-0.2, 0) is 11.3 Å². The van der Waals surface area contributed by atoms with E-state index in [9.17, 15) is 9.59 Å². The highest BCUT2D eigenvalue weighted by molar-refractivity contribution is 5.92. The average molecular weight is 434 g/mol. The van der Waals surface area contributed by atoms with Crippen molar-refractivity contribution in [1.82, 2.24) is 24.8 Å². The lowest BCUT2D eigenvalue weighted by Gasteiger charge is -2.57. The van der Waals surface area contributed by atoms with Crippen LogP contribution in [0.2, 0.25) is 0 Å². The summed E-state index contributed by atoms with van der Waals surface area (Å²) in [7, 11) is 0. The first-order valence-corrected chi connectivity index (χ1v) is 12.1. The largest absolute Gasteiger partial charge is 0.339 e. The smallest absolute Gasteiger partial charge is 0.276 e. The first-order valence-electron chi connectivity index (χ1n) is 12.1. The Balaban J connectivity index is 1.07. The molecule has 7 rings (SSSR count). The van der Waals surface area contributed by atoms with Gasteiger partial charge in [0.2, 0.25) is 5.91 Å². The van der Waals surface area contributed by atoms with Crippen LogP contribution in [0.4, 0.5) is 0 Å². The van der Waals surface area contributed by atoms with Gasteiger partial charge in [-0.2, -0.15) is 0 Å². The Hall–Kier alpha value is -2.70. The van der Waals surface area contributed by atoms with E-state index < -0.39 is 0 Å². The van der Waals surface area contributed by atoms with Gasteiger partial charge in [0.15, 0.2) is 5.69 Å². The van der Waals surface area contributed by atoms with E-state index >= 15 is 0 Å². The second-order valence-electron chi connectivity index (χ2n) is 10.6. The van der Waals surface area contributed by atoms with E-state index in [1.807, 2.05) is 40.1 Å². The van der Waals surface area contributed by atoms with Crippen LogP contribution in [0.1, 0.15) is 54.6 Å². The van der Waals surface area contributed by atoms with Gasteiger partial charge in [0.05, 0.1) is 18.2 Å². The van der Waals surface area contributed by atoms with Gasteiger partial charge in [-0.3, -0.25) is 9.59 Å². The maximum absolute atomic E-state index is 13.6. The Kier molecular flexibility index (Phi) is 4.81. The first-order chi connectivity index (χ1) is 15.6. The lowest BCUT2D eigenvalue weighted by molar-refractivity contribution is -0.159.